The van der Waals surface area contributed by atoms with Gasteiger partial charge in [-0.3, -0.25) is 9.79 Å². The van der Waals surface area contributed by atoms with Gasteiger partial charge in [0, 0.05) is 42.3 Å². The Labute approximate surface area is 309 Å². The summed E-state index contributed by atoms with van der Waals surface area (Å²) < 4.78 is 10.5. The summed E-state index contributed by atoms with van der Waals surface area (Å²) in [4.78, 5) is 23.7. The van der Waals surface area contributed by atoms with Gasteiger partial charge in [0.05, 0.1) is 18.4 Å². The summed E-state index contributed by atoms with van der Waals surface area (Å²) in [6, 6.07) is 24.9. The molecule has 0 aliphatic carbocycles. The molecule has 276 valence electrons. The van der Waals surface area contributed by atoms with Crippen LogP contribution in [0.2, 0.25) is 0 Å². The monoisotopic (exact) mass is 703 g/mol. The average molecular weight is 704 g/mol. The molecule has 1 amide bonds. The van der Waals surface area contributed by atoms with E-state index in [1.165, 1.54) is 30.4 Å². The molecule has 0 aromatic heterocycles. The third-order valence-electron chi connectivity index (χ3n) is 8.95. The molecular weight excluding hydrogens is 639 g/mol. The van der Waals surface area contributed by atoms with Gasteiger partial charge in [-0.15, -0.1) is 11.8 Å². The Bertz CT molecular complexity index is 1410. The van der Waals surface area contributed by atoms with E-state index in [-0.39, 0.29) is 11.3 Å². The van der Waals surface area contributed by atoms with E-state index in [1.807, 2.05) is 68.3 Å². The highest BCUT2D eigenvalue weighted by molar-refractivity contribution is 7.98. The number of hydrogen-bond acceptors (Lipinski definition) is 6. The molecule has 3 aromatic carbocycles. The zero-order valence-corrected chi connectivity index (χ0v) is 33.4. The van der Waals surface area contributed by atoms with Gasteiger partial charge in [-0.1, -0.05) is 75.7 Å². The van der Waals surface area contributed by atoms with Crippen molar-refractivity contribution in [2.45, 2.75) is 97.3 Å². The number of nitrogens with zero attached hydrogens (tertiary/aromatic N) is 3. The molecule has 6 nitrogen and oxygen atoms in total. The maximum atomic E-state index is 13.6. The Morgan fingerprint density at radius 3 is 2.22 bits per heavy atom. The Morgan fingerprint density at radius 1 is 0.920 bits per heavy atom. The van der Waals surface area contributed by atoms with Gasteiger partial charge in [-0.2, -0.15) is 0 Å². The molecule has 1 aliphatic heterocycles. The van der Waals surface area contributed by atoms with Crippen LogP contribution in [0, 0.1) is 6.92 Å². The van der Waals surface area contributed by atoms with Crippen LogP contribution >= 0.6 is 11.8 Å². The van der Waals surface area contributed by atoms with Gasteiger partial charge in [0.1, 0.15) is 5.75 Å². The fraction of sp³-hybridized carbons (Fsp3) is 0.535. The molecule has 1 atom stereocenters. The van der Waals surface area contributed by atoms with Crippen LogP contribution in [0.3, 0.4) is 0 Å². The lowest BCUT2D eigenvalue weighted by atomic mass is 9.76. The molecule has 0 bridgehead atoms. The third-order valence-corrected chi connectivity index (χ3v) is 9.68. The summed E-state index contributed by atoms with van der Waals surface area (Å²) in [7, 11) is 1.64. The maximum absolute atomic E-state index is 13.6. The van der Waals surface area contributed by atoms with Crippen molar-refractivity contribution in [3.05, 3.63) is 89.5 Å². The van der Waals surface area contributed by atoms with E-state index in [0.29, 0.717) is 11.3 Å². The molecule has 7 heteroatoms. The highest BCUT2D eigenvalue weighted by Crippen LogP contribution is 2.39. The van der Waals surface area contributed by atoms with Crippen molar-refractivity contribution in [1.82, 2.24) is 9.80 Å². The number of methoxy groups -OCH3 is 1. The number of ether oxygens (including phenoxy) is 2. The first-order valence-corrected chi connectivity index (χ1v) is 19.8. The normalized spacial score (nSPS) is 15.1. The molecule has 1 heterocycles. The summed E-state index contributed by atoms with van der Waals surface area (Å²) in [5.74, 6) is 0.737. The number of aryl methyl sites for hydroxylation is 1. The minimum atomic E-state index is -0.000518. The summed E-state index contributed by atoms with van der Waals surface area (Å²) in [5, 5.41) is 0. The van der Waals surface area contributed by atoms with Crippen molar-refractivity contribution in [3.8, 4) is 5.75 Å². The first-order valence-electron chi connectivity index (χ1n) is 18.6. The first kappa shape index (κ1) is 43.0. The summed E-state index contributed by atoms with van der Waals surface area (Å²) in [6.07, 6.45) is 8.89. The van der Waals surface area contributed by atoms with Crippen LogP contribution in [0.1, 0.15) is 102 Å². The molecule has 1 aliphatic rings. The number of rotatable bonds is 16. The second kappa shape index (κ2) is 24.1. The van der Waals surface area contributed by atoms with Crippen LogP contribution in [-0.2, 0) is 10.2 Å². The van der Waals surface area contributed by atoms with E-state index in [4.69, 9.17) is 9.47 Å². The highest BCUT2D eigenvalue weighted by Gasteiger charge is 2.41. The zero-order chi connectivity index (χ0) is 36.8. The lowest BCUT2D eigenvalue weighted by Crippen LogP contribution is -2.38. The SMILES string of the molecule is CC(C)=Nc1ccccc1C.CCCCN(CCC)CCC1(c2ccccc2)CCN(C(=O)c2cc(SC)ccc2OC)C1.CCCOCC. The number of para-hydroxylation sites is 1. The van der Waals surface area contributed by atoms with Crippen molar-refractivity contribution in [1.29, 1.82) is 0 Å². The Morgan fingerprint density at radius 2 is 1.64 bits per heavy atom. The van der Waals surface area contributed by atoms with Gasteiger partial charge >= 0.3 is 0 Å². The first-order chi connectivity index (χ1) is 24.2. The number of carbonyl (C=O) groups excluding carboxylic acids is 1. The van der Waals surface area contributed by atoms with Crippen molar-refractivity contribution < 1.29 is 14.3 Å². The minimum Gasteiger partial charge on any atom is -0.496 e. The van der Waals surface area contributed by atoms with Crippen LogP contribution in [0.5, 0.6) is 5.75 Å². The fourth-order valence-electron chi connectivity index (χ4n) is 6.20. The van der Waals surface area contributed by atoms with Crippen LogP contribution in [0.15, 0.2) is 82.7 Å². The lowest BCUT2D eigenvalue weighted by molar-refractivity contribution is 0.0777. The second-order valence-electron chi connectivity index (χ2n) is 13.2. The molecular formula is C43H65N3O3S. The largest absolute Gasteiger partial charge is 0.496 e. The predicted molar refractivity (Wildman–Crippen MR) is 216 cm³/mol. The number of thioether (sulfide) groups is 1. The van der Waals surface area contributed by atoms with Gasteiger partial charge in [0.25, 0.3) is 5.91 Å². The topological polar surface area (TPSA) is 54.4 Å². The molecule has 3 aromatic rings. The molecule has 1 unspecified atom stereocenters. The number of unbranched alkanes of at least 4 members (excludes halogenated alkanes) is 1. The number of hydrogen-bond donors (Lipinski definition) is 0. The van der Waals surface area contributed by atoms with E-state index in [2.05, 4.69) is 74.0 Å². The predicted octanol–water partition coefficient (Wildman–Crippen LogP) is 10.6. The number of aliphatic imine (C=N–C) groups is 1. The molecule has 0 radical (unpaired) electrons. The average Bonchev–Trinajstić information content (AvgIpc) is 3.58. The minimum absolute atomic E-state index is 0.000518. The van der Waals surface area contributed by atoms with Gasteiger partial charge in [0.2, 0.25) is 0 Å². The number of amides is 1. The number of benzene rings is 3. The van der Waals surface area contributed by atoms with E-state index >= 15 is 0 Å². The van der Waals surface area contributed by atoms with Crippen LogP contribution < -0.4 is 4.74 Å². The fourth-order valence-corrected chi connectivity index (χ4v) is 6.64. The summed E-state index contributed by atoms with van der Waals surface area (Å²) >= 11 is 1.65. The number of likely N-dealkylation sites (tertiary alicyclic amines) is 1. The second-order valence-corrected chi connectivity index (χ2v) is 14.1. The van der Waals surface area contributed by atoms with Gasteiger partial charge in [-0.05, 0) is 121 Å². The zero-order valence-electron chi connectivity index (χ0n) is 32.6. The van der Waals surface area contributed by atoms with Crippen molar-refractivity contribution in [2.75, 3.05) is 59.3 Å². The van der Waals surface area contributed by atoms with Crippen molar-refractivity contribution >= 4 is 29.1 Å². The van der Waals surface area contributed by atoms with Gasteiger partial charge < -0.3 is 19.3 Å². The Balaban J connectivity index is 0.000000417. The molecule has 0 saturated carbocycles. The smallest absolute Gasteiger partial charge is 0.257 e. The van der Waals surface area contributed by atoms with Crippen LogP contribution in [0.25, 0.3) is 0 Å². The molecule has 4 rings (SSSR count). The van der Waals surface area contributed by atoms with E-state index in [9.17, 15) is 4.79 Å². The Hall–Kier alpha value is -3.13. The lowest BCUT2D eigenvalue weighted by Gasteiger charge is -2.33. The molecule has 0 spiro atoms. The van der Waals surface area contributed by atoms with Gasteiger partial charge in [-0.25, -0.2) is 0 Å². The van der Waals surface area contributed by atoms with E-state index in [1.54, 1.807) is 18.9 Å². The standard InChI is InChI=1S/C28H40N2O2S.C10H13N.C5H12O/c1-5-7-18-29(17-6-2)19-15-28(23-11-9-8-10-12-23)16-20-30(22-28)27(31)25-21-24(33-4)13-14-26(25)32-3;1-8(2)11-10-7-5-4-6-9(10)3;1-3-5-6-4-2/h8-14,21H,5-7,15-20,22H2,1-4H3;4-7H,1-3H3;3-5H2,1-2H3. The third kappa shape index (κ3) is 14.2. The summed E-state index contributed by atoms with van der Waals surface area (Å²) in [5.41, 5.74) is 5.43. The maximum Gasteiger partial charge on any atom is 0.257 e. The van der Waals surface area contributed by atoms with E-state index < -0.39 is 0 Å². The van der Waals surface area contributed by atoms with Crippen molar-refractivity contribution in [3.63, 3.8) is 0 Å². The summed E-state index contributed by atoms with van der Waals surface area (Å²) in [6.45, 7) is 21.4. The molecule has 1 saturated heterocycles. The molecule has 1 fully saturated rings. The van der Waals surface area contributed by atoms with E-state index in [0.717, 1.165) is 81.5 Å². The quantitative estimate of drug-likeness (QED) is 0.0844. The van der Waals surface area contributed by atoms with Crippen molar-refractivity contribution in [2.24, 2.45) is 4.99 Å². The Kier molecular flexibility index (Phi) is 20.8. The molecule has 50 heavy (non-hydrogen) atoms. The van der Waals surface area contributed by atoms with Crippen LogP contribution in [0.4, 0.5) is 5.69 Å². The van der Waals surface area contributed by atoms with Gasteiger partial charge in [0.15, 0.2) is 0 Å². The molecule has 0 N–H and O–H groups in total. The number of carbonyl (C=O) groups is 1. The van der Waals surface area contributed by atoms with Crippen LogP contribution in [-0.4, -0.2) is 80.7 Å². The highest BCUT2D eigenvalue weighted by atomic mass is 32.2.